The second kappa shape index (κ2) is 4.14. The molecule has 2 aromatic carbocycles. The largest absolute Gasteiger partial charge is 0.351 e. The monoisotopic (exact) mass is 274 g/mol. The Bertz CT molecular complexity index is 734. The first-order valence-corrected chi connectivity index (χ1v) is 7.81. The molecule has 2 heteroatoms. The molecular formula is C19H18N2. The van der Waals surface area contributed by atoms with Crippen molar-refractivity contribution in [2.45, 2.75) is 31.5 Å². The minimum atomic E-state index is 0.490. The summed E-state index contributed by atoms with van der Waals surface area (Å²) in [6.45, 7) is 1.03. The first kappa shape index (κ1) is 11.4. The average molecular weight is 274 g/mol. The molecule has 0 saturated carbocycles. The van der Waals surface area contributed by atoms with E-state index < -0.39 is 0 Å². The molecule has 2 unspecified atom stereocenters. The summed E-state index contributed by atoms with van der Waals surface area (Å²) < 4.78 is 0. The maximum Gasteiger partial charge on any atom is 0.106 e. The van der Waals surface area contributed by atoms with E-state index in [4.69, 9.17) is 0 Å². The number of nitrogens with zero attached hydrogens (tertiary/aromatic N) is 2. The number of hydrogen-bond donors (Lipinski definition) is 0. The molecule has 0 aromatic heterocycles. The molecule has 0 radical (unpaired) electrons. The van der Waals surface area contributed by atoms with Gasteiger partial charge in [0.25, 0.3) is 0 Å². The zero-order valence-electron chi connectivity index (χ0n) is 11.9. The molecule has 2 aromatic rings. The molecule has 0 fully saturated rings. The minimum Gasteiger partial charge on any atom is -0.351 e. The maximum absolute atomic E-state index is 2.50. The molecule has 104 valence electrons. The van der Waals surface area contributed by atoms with Gasteiger partial charge in [0.2, 0.25) is 0 Å². The third kappa shape index (κ3) is 1.53. The Morgan fingerprint density at radius 1 is 0.810 bits per heavy atom. The van der Waals surface area contributed by atoms with Crippen molar-refractivity contribution in [3.8, 4) is 0 Å². The van der Waals surface area contributed by atoms with Gasteiger partial charge in [-0.2, -0.15) is 0 Å². The minimum absolute atomic E-state index is 0.490. The van der Waals surface area contributed by atoms with E-state index in [9.17, 15) is 0 Å². The van der Waals surface area contributed by atoms with Crippen LogP contribution in [-0.2, 0) is 6.54 Å². The molecule has 0 spiro atoms. The predicted octanol–water partition coefficient (Wildman–Crippen LogP) is 4.05. The summed E-state index contributed by atoms with van der Waals surface area (Å²) in [6.07, 6.45) is 7.47. The van der Waals surface area contributed by atoms with Crippen molar-refractivity contribution in [3.05, 3.63) is 77.6 Å². The highest BCUT2D eigenvalue weighted by Crippen LogP contribution is 2.45. The SMILES string of the molecule is C1=CN2c3ccccc3C3CCC2N1Cc1ccccc13. The summed E-state index contributed by atoms with van der Waals surface area (Å²) in [5.41, 5.74) is 5.88. The van der Waals surface area contributed by atoms with Gasteiger partial charge < -0.3 is 9.80 Å². The van der Waals surface area contributed by atoms with E-state index in [1.54, 1.807) is 0 Å². The molecular weight excluding hydrogens is 256 g/mol. The Morgan fingerprint density at radius 2 is 1.62 bits per heavy atom. The van der Waals surface area contributed by atoms with E-state index in [0.717, 1.165) is 6.54 Å². The van der Waals surface area contributed by atoms with E-state index in [0.29, 0.717) is 12.1 Å². The lowest BCUT2D eigenvalue weighted by Gasteiger charge is -2.33. The van der Waals surface area contributed by atoms with Crippen LogP contribution in [0.1, 0.15) is 35.4 Å². The van der Waals surface area contributed by atoms with Gasteiger partial charge in [0.05, 0.1) is 0 Å². The molecule has 3 aliphatic rings. The fourth-order valence-corrected chi connectivity index (χ4v) is 4.25. The highest BCUT2D eigenvalue weighted by Gasteiger charge is 2.37. The summed E-state index contributed by atoms with van der Waals surface area (Å²) in [4.78, 5) is 4.97. The Hall–Kier alpha value is -2.22. The molecule has 2 bridgehead atoms. The number of hydrogen-bond acceptors (Lipinski definition) is 2. The highest BCUT2D eigenvalue weighted by atomic mass is 15.4. The Morgan fingerprint density at radius 3 is 2.57 bits per heavy atom. The fourth-order valence-electron chi connectivity index (χ4n) is 4.25. The van der Waals surface area contributed by atoms with Crippen molar-refractivity contribution in [1.29, 1.82) is 0 Å². The summed E-state index contributed by atoms with van der Waals surface area (Å²) in [6, 6.07) is 17.9. The zero-order valence-corrected chi connectivity index (χ0v) is 11.9. The van der Waals surface area contributed by atoms with Crippen molar-refractivity contribution < 1.29 is 0 Å². The molecule has 0 N–H and O–H groups in total. The van der Waals surface area contributed by atoms with E-state index in [1.165, 1.54) is 35.2 Å². The summed E-state index contributed by atoms with van der Waals surface area (Å²) in [5, 5.41) is 0. The summed E-state index contributed by atoms with van der Waals surface area (Å²) in [7, 11) is 0. The highest BCUT2D eigenvalue weighted by molar-refractivity contribution is 5.62. The van der Waals surface area contributed by atoms with Gasteiger partial charge >= 0.3 is 0 Å². The van der Waals surface area contributed by atoms with E-state index in [1.807, 2.05) is 0 Å². The second-order valence-corrected chi connectivity index (χ2v) is 6.25. The average Bonchev–Trinajstić information content (AvgIpc) is 2.83. The lowest BCUT2D eigenvalue weighted by molar-refractivity contribution is 0.268. The lowest BCUT2D eigenvalue weighted by atomic mass is 9.83. The summed E-state index contributed by atoms with van der Waals surface area (Å²) in [5.74, 6) is 0.540. The molecule has 2 nitrogen and oxygen atoms in total. The molecule has 3 heterocycles. The van der Waals surface area contributed by atoms with Crippen molar-refractivity contribution in [3.63, 3.8) is 0 Å². The van der Waals surface area contributed by atoms with Crippen molar-refractivity contribution >= 4 is 5.69 Å². The first-order chi connectivity index (χ1) is 10.4. The number of anilines is 1. The van der Waals surface area contributed by atoms with Crippen LogP contribution in [0.25, 0.3) is 0 Å². The fraction of sp³-hybridized carbons (Fsp3) is 0.263. The number of benzene rings is 2. The first-order valence-electron chi connectivity index (χ1n) is 7.81. The second-order valence-electron chi connectivity index (χ2n) is 6.25. The van der Waals surface area contributed by atoms with Gasteiger partial charge in [-0.3, -0.25) is 0 Å². The van der Waals surface area contributed by atoms with Crippen LogP contribution in [0.4, 0.5) is 5.69 Å². The molecule has 3 aliphatic heterocycles. The maximum atomic E-state index is 2.50. The molecule has 0 aliphatic carbocycles. The van der Waals surface area contributed by atoms with Crippen LogP contribution >= 0.6 is 0 Å². The van der Waals surface area contributed by atoms with Crippen LogP contribution in [0, 0.1) is 0 Å². The van der Waals surface area contributed by atoms with Gasteiger partial charge in [0.15, 0.2) is 0 Å². The van der Waals surface area contributed by atoms with Gasteiger partial charge in [-0.05, 0) is 35.6 Å². The van der Waals surface area contributed by atoms with Crippen LogP contribution < -0.4 is 4.90 Å². The third-order valence-electron chi connectivity index (χ3n) is 5.21. The number of para-hydroxylation sites is 1. The van der Waals surface area contributed by atoms with E-state index >= 15 is 0 Å². The number of rotatable bonds is 0. The molecule has 5 rings (SSSR count). The Balaban J connectivity index is 1.83. The van der Waals surface area contributed by atoms with Gasteiger partial charge in [-0.1, -0.05) is 42.5 Å². The predicted molar refractivity (Wildman–Crippen MR) is 84.9 cm³/mol. The van der Waals surface area contributed by atoms with Gasteiger partial charge in [0, 0.05) is 30.5 Å². The topological polar surface area (TPSA) is 6.48 Å². The van der Waals surface area contributed by atoms with Crippen molar-refractivity contribution in [2.75, 3.05) is 4.90 Å². The Labute approximate surface area is 125 Å². The van der Waals surface area contributed by atoms with Crippen molar-refractivity contribution in [1.82, 2.24) is 4.90 Å². The smallest absolute Gasteiger partial charge is 0.106 e. The van der Waals surface area contributed by atoms with E-state index in [2.05, 4.69) is 70.7 Å². The zero-order chi connectivity index (χ0) is 13.8. The van der Waals surface area contributed by atoms with Crippen LogP contribution in [0.2, 0.25) is 0 Å². The van der Waals surface area contributed by atoms with Crippen LogP contribution in [-0.4, -0.2) is 11.1 Å². The van der Waals surface area contributed by atoms with Crippen molar-refractivity contribution in [2.24, 2.45) is 0 Å². The molecule has 0 saturated heterocycles. The molecule has 0 amide bonds. The normalized spacial score (nSPS) is 25.1. The summed E-state index contributed by atoms with van der Waals surface area (Å²) >= 11 is 0. The Kier molecular flexibility index (Phi) is 2.25. The van der Waals surface area contributed by atoms with Gasteiger partial charge in [-0.25, -0.2) is 0 Å². The van der Waals surface area contributed by atoms with Crippen LogP contribution in [0.3, 0.4) is 0 Å². The van der Waals surface area contributed by atoms with E-state index in [-0.39, 0.29) is 0 Å². The van der Waals surface area contributed by atoms with Gasteiger partial charge in [0.1, 0.15) is 6.17 Å². The van der Waals surface area contributed by atoms with Crippen LogP contribution in [0.5, 0.6) is 0 Å². The standard InChI is InChI=1S/C19H18N2/c1-2-6-15-14(5-1)13-20-11-12-21-18-8-4-3-7-17(18)16(15)9-10-19(20)21/h1-8,11-12,16,19H,9-10,13H2. The lowest BCUT2D eigenvalue weighted by Crippen LogP contribution is -2.38. The quantitative estimate of drug-likeness (QED) is 0.715. The third-order valence-corrected chi connectivity index (χ3v) is 5.21. The molecule has 2 atom stereocenters. The van der Waals surface area contributed by atoms with Gasteiger partial charge in [-0.15, -0.1) is 0 Å². The van der Waals surface area contributed by atoms with Crippen LogP contribution in [0.15, 0.2) is 60.9 Å². The molecule has 21 heavy (non-hydrogen) atoms. The number of fused-ring (bicyclic) bond motifs is 7.